The number of fused-ring (bicyclic) bond motifs is 2. The molecule has 2 heterocycles. The summed E-state index contributed by atoms with van der Waals surface area (Å²) >= 11 is 2.75. The summed E-state index contributed by atoms with van der Waals surface area (Å²) < 4.78 is 10.7. The summed E-state index contributed by atoms with van der Waals surface area (Å²) in [6.07, 6.45) is 5.09. The molecule has 1 amide bonds. The highest BCUT2D eigenvalue weighted by Crippen LogP contribution is 2.38. The number of hydrogen-bond acceptors (Lipinski definition) is 7. The van der Waals surface area contributed by atoms with Gasteiger partial charge in [0.15, 0.2) is 5.58 Å². The van der Waals surface area contributed by atoms with Crippen molar-refractivity contribution < 1.29 is 18.7 Å². The Balaban J connectivity index is 1.53. The SMILES string of the molecule is COC(=O)c1c(NC(=O)C(C)Sc2nc3ccccc3o2)sc2c1CCCCC2. The number of carbonyl (C=O) groups excluding carboxylic acids is 2. The lowest BCUT2D eigenvalue weighted by atomic mass is 10.1. The Morgan fingerprint density at radius 3 is 2.83 bits per heavy atom. The predicted octanol–water partition coefficient (Wildman–Crippen LogP) is 5.06. The Morgan fingerprint density at radius 1 is 1.24 bits per heavy atom. The normalized spacial score (nSPS) is 14.8. The van der Waals surface area contributed by atoms with E-state index in [1.165, 1.54) is 35.1 Å². The van der Waals surface area contributed by atoms with E-state index in [4.69, 9.17) is 9.15 Å². The largest absolute Gasteiger partial charge is 0.465 e. The van der Waals surface area contributed by atoms with Gasteiger partial charge in [0.1, 0.15) is 10.5 Å². The van der Waals surface area contributed by atoms with Crippen LogP contribution in [-0.4, -0.2) is 29.2 Å². The number of nitrogens with zero attached hydrogens (tertiary/aromatic N) is 1. The van der Waals surface area contributed by atoms with E-state index in [1.54, 1.807) is 6.92 Å². The number of methoxy groups -OCH3 is 1. The van der Waals surface area contributed by atoms with E-state index in [2.05, 4.69) is 10.3 Å². The molecule has 0 fully saturated rings. The standard InChI is InChI=1S/C21H22N2O4S2/c1-12(28-21-22-14-9-6-7-10-15(14)27-21)18(24)23-19-17(20(25)26-2)13-8-4-3-5-11-16(13)29-19/h6-7,9-10,12H,3-5,8,11H2,1-2H3,(H,23,24). The van der Waals surface area contributed by atoms with Crippen molar-refractivity contribution in [1.29, 1.82) is 0 Å². The van der Waals surface area contributed by atoms with Gasteiger partial charge in [-0.2, -0.15) is 0 Å². The summed E-state index contributed by atoms with van der Waals surface area (Å²) in [7, 11) is 1.38. The van der Waals surface area contributed by atoms with Crippen molar-refractivity contribution in [1.82, 2.24) is 4.98 Å². The summed E-state index contributed by atoms with van der Waals surface area (Å²) in [5.41, 5.74) is 3.01. The Labute approximate surface area is 177 Å². The minimum absolute atomic E-state index is 0.196. The Morgan fingerprint density at radius 2 is 2.03 bits per heavy atom. The number of anilines is 1. The van der Waals surface area contributed by atoms with Crippen LogP contribution in [-0.2, 0) is 22.4 Å². The highest BCUT2D eigenvalue weighted by molar-refractivity contribution is 8.00. The molecular formula is C21H22N2O4S2. The van der Waals surface area contributed by atoms with Gasteiger partial charge in [-0.1, -0.05) is 30.3 Å². The Bertz CT molecular complexity index is 1020. The van der Waals surface area contributed by atoms with Crippen molar-refractivity contribution in [3.05, 3.63) is 40.3 Å². The average Bonchev–Trinajstić information content (AvgIpc) is 3.19. The summed E-state index contributed by atoms with van der Waals surface area (Å²) in [4.78, 5) is 30.8. The lowest BCUT2D eigenvalue weighted by molar-refractivity contribution is -0.115. The van der Waals surface area contributed by atoms with E-state index < -0.39 is 5.25 Å². The van der Waals surface area contributed by atoms with Crippen molar-refractivity contribution >= 4 is 51.1 Å². The van der Waals surface area contributed by atoms with Crippen LogP contribution in [0.1, 0.15) is 47.0 Å². The molecule has 1 aliphatic carbocycles. The van der Waals surface area contributed by atoms with Crippen molar-refractivity contribution in [2.75, 3.05) is 12.4 Å². The minimum Gasteiger partial charge on any atom is -0.465 e. The molecule has 1 unspecified atom stereocenters. The fourth-order valence-electron chi connectivity index (χ4n) is 3.47. The summed E-state index contributed by atoms with van der Waals surface area (Å²) in [6.45, 7) is 1.80. The number of esters is 1. The van der Waals surface area contributed by atoms with Crippen LogP contribution in [0.25, 0.3) is 11.1 Å². The first-order valence-electron chi connectivity index (χ1n) is 9.62. The van der Waals surface area contributed by atoms with Gasteiger partial charge in [0.2, 0.25) is 5.91 Å². The number of benzene rings is 1. The molecule has 6 nitrogen and oxygen atoms in total. The van der Waals surface area contributed by atoms with Gasteiger partial charge < -0.3 is 14.5 Å². The van der Waals surface area contributed by atoms with Crippen LogP contribution in [0, 0.1) is 0 Å². The van der Waals surface area contributed by atoms with E-state index in [0.717, 1.165) is 43.2 Å². The van der Waals surface area contributed by atoms with E-state index in [1.807, 2.05) is 24.3 Å². The highest BCUT2D eigenvalue weighted by atomic mass is 32.2. The molecule has 8 heteroatoms. The second-order valence-electron chi connectivity index (χ2n) is 6.96. The third-order valence-corrected chi connectivity index (χ3v) is 7.12. The third-order valence-electron chi connectivity index (χ3n) is 4.97. The number of aryl methyl sites for hydroxylation is 1. The number of para-hydroxylation sites is 2. The highest BCUT2D eigenvalue weighted by Gasteiger charge is 2.27. The predicted molar refractivity (Wildman–Crippen MR) is 115 cm³/mol. The first kappa shape index (κ1) is 20.0. The smallest absolute Gasteiger partial charge is 0.341 e. The van der Waals surface area contributed by atoms with Crippen LogP contribution in [0.3, 0.4) is 0 Å². The molecule has 2 aromatic heterocycles. The Kier molecular flexibility index (Phi) is 5.91. The van der Waals surface area contributed by atoms with E-state index in [9.17, 15) is 9.59 Å². The number of amides is 1. The van der Waals surface area contributed by atoms with Crippen LogP contribution >= 0.6 is 23.1 Å². The fourth-order valence-corrected chi connectivity index (χ4v) is 5.51. The maximum absolute atomic E-state index is 12.8. The lowest BCUT2D eigenvalue weighted by Gasteiger charge is -2.10. The number of thioether (sulfide) groups is 1. The van der Waals surface area contributed by atoms with Gasteiger partial charge in [0, 0.05) is 4.88 Å². The maximum Gasteiger partial charge on any atom is 0.341 e. The van der Waals surface area contributed by atoms with Gasteiger partial charge in [0.05, 0.1) is 17.9 Å². The average molecular weight is 431 g/mol. The molecule has 3 aromatic rings. The maximum atomic E-state index is 12.8. The number of nitrogens with one attached hydrogen (secondary N) is 1. The van der Waals surface area contributed by atoms with Crippen LogP contribution in [0.2, 0.25) is 0 Å². The van der Waals surface area contributed by atoms with Crippen LogP contribution in [0.5, 0.6) is 0 Å². The molecule has 0 spiro atoms. The minimum atomic E-state index is -0.435. The Hall–Kier alpha value is -2.32. The van der Waals surface area contributed by atoms with Gasteiger partial charge in [0.25, 0.3) is 5.22 Å². The monoisotopic (exact) mass is 430 g/mol. The number of carbonyl (C=O) groups is 2. The second-order valence-corrected chi connectivity index (χ2v) is 9.35. The molecule has 0 saturated heterocycles. The molecule has 1 atom stereocenters. The quantitative estimate of drug-likeness (QED) is 0.346. The van der Waals surface area contributed by atoms with Crippen molar-refractivity contribution in [2.24, 2.45) is 0 Å². The van der Waals surface area contributed by atoms with E-state index >= 15 is 0 Å². The molecule has 0 radical (unpaired) electrons. The third kappa shape index (κ3) is 4.18. The molecule has 1 N–H and O–H groups in total. The lowest BCUT2D eigenvalue weighted by Crippen LogP contribution is -2.23. The van der Waals surface area contributed by atoms with Gasteiger partial charge in [-0.15, -0.1) is 11.3 Å². The number of thiophene rings is 1. The molecule has 152 valence electrons. The first-order valence-corrected chi connectivity index (χ1v) is 11.3. The molecule has 29 heavy (non-hydrogen) atoms. The number of hydrogen-bond donors (Lipinski definition) is 1. The van der Waals surface area contributed by atoms with Crippen LogP contribution < -0.4 is 5.32 Å². The van der Waals surface area contributed by atoms with Crippen LogP contribution in [0.4, 0.5) is 5.00 Å². The van der Waals surface area contributed by atoms with Gasteiger partial charge in [-0.25, -0.2) is 9.78 Å². The molecule has 4 rings (SSSR count). The zero-order valence-electron chi connectivity index (χ0n) is 16.3. The second kappa shape index (κ2) is 8.59. The van der Waals surface area contributed by atoms with E-state index in [0.29, 0.717) is 21.4 Å². The first-order chi connectivity index (χ1) is 14.1. The summed E-state index contributed by atoms with van der Waals surface area (Å²) in [6, 6.07) is 7.49. The molecular weight excluding hydrogens is 408 g/mol. The molecule has 1 aliphatic rings. The van der Waals surface area contributed by atoms with Crippen LogP contribution in [0.15, 0.2) is 33.9 Å². The zero-order valence-corrected chi connectivity index (χ0v) is 18.0. The van der Waals surface area contributed by atoms with Gasteiger partial charge in [-0.05, 0) is 50.3 Å². The topological polar surface area (TPSA) is 81.4 Å². The molecule has 0 saturated carbocycles. The number of oxazole rings is 1. The molecule has 0 bridgehead atoms. The number of rotatable bonds is 5. The van der Waals surface area contributed by atoms with E-state index in [-0.39, 0.29) is 11.9 Å². The number of aromatic nitrogens is 1. The van der Waals surface area contributed by atoms with Crippen molar-refractivity contribution in [3.63, 3.8) is 0 Å². The van der Waals surface area contributed by atoms with Crippen molar-refractivity contribution in [2.45, 2.75) is 49.5 Å². The molecule has 0 aliphatic heterocycles. The fraction of sp³-hybridized carbons (Fsp3) is 0.381. The molecule has 1 aromatic carbocycles. The summed E-state index contributed by atoms with van der Waals surface area (Å²) in [5.74, 6) is -0.585. The summed E-state index contributed by atoms with van der Waals surface area (Å²) in [5, 5.41) is 3.54. The number of ether oxygens (including phenoxy) is 1. The van der Waals surface area contributed by atoms with Gasteiger partial charge in [-0.3, -0.25) is 4.79 Å². The van der Waals surface area contributed by atoms with Crippen molar-refractivity contribution in [3.8, 4) is 0 Å². The van der Waals surface area contributed by atoms with Gasteiger partial charge >= 0.3 is 5.97 Å². The zero-order chi connectivity index (χ0) is 20.4.